The van der Waals surface area contributed by atoms with E-state index in [4.69, 9.17) is 11.6 Å². The highest BCUT2D eigenvalue weighted by Crippen LogP contribution is 2.21. The molecule has 1 atom stereocenters. The lowest BCUT2D eigenvalue weighted by Crippen LogP contribution is -2.42. The average Bonchev–Trinajstić information content (AvgIpc) is 2.56. The number of rotatable bonds is 4. The number of nitrogens with one attached hydrogen (secondary N) is 1. The van der Waals surface area contributed by atoms with E-state index in [0.717, 1.165) is 32.5 Å². The lowest BCUT2D eigenvalue weighted by atomic mass is 10.0. The summed E-state index contributed by atoms with van der Waals surface area (Å²) in [5.74, 6) is 0. The van der Waals surface area contributed by atoms with Gasteiger partial charge in [-0.3, -0.25) is 14.7 Å². The number of likely N-dealkylation sites (tertiary alicyclic amines) is 1. The largest absolute Gasteiger partial charge is 0.378 e. The number of aryl methyl sites for hydroxylation is 2. The highest BCUT2D eigenvalue weighted by Gasteiger charge is 2.21. The fourth-order valence-corrected chi connectivity index (χ4v) is 3.34. The van der Waals surface area contributed by atoms with Gasteiger partial charge < -0.3 is 5.32 Å². The number of anilines is 1. The second kappa shape index (κ2) is 7.32. The molecule has 0 amide bonds. The Hall–Kier alpha value is -1.92. The third-order valence-corrected chi connectivity index (χ3v) is 4.65. The second-order valence-corrected chi connectivity index (χ2v) is 6.77. The Bertz CT molecular complexity index is 776. The molecule has 2 aromatic heterocycles. The zero-order valence-electron chi connectivity index (χ0n) is 14.0. The predicted molar refractivity (Wildman–Crippen MR) is 95.4 cm³/mol. The molecule has 2 aromatic rings. The Kier molecular flexibility index (Phi) is 5.16. The molecular formula is C17H22ClN5O. The van der Waals surface area contributed by atoms with E-state index in [1.54, 1.807) is 13.2 Å². The molecule has 0 bridgehead atoms. The van der Waals surface area contributed by atoms with Crippen molar-refractivity contribution in [2.24, 2.45) is 7.05 Å². The topological polar surface area (TPSA) is 63.1 Å². The van der Waals surface area contributed by atoms with Gasteiger partial charge in [0.05, 0.1) is 11.9 Å². The molecule has 0 aliphatic carbocycles. The summed E-state index contributed by atoms with van der Waals surface area (Å²) in [4.78, 5) is 18.5. The summed E-state index contributed by atoms with van der Waals surface area (Å²) < 4.78 is 1.24. The summed E-state index contributed by atoms with van der Waals surface area (Å²) in [6, 6.07) is 2.43. The zero-order chi connectivity index (χ0) is 17.1. The van der Waals surface area contributed by atoms with Crippen LogP contribution in [0.15, 0.2) is 29.5 Å². The summed E-state index contributed by atoms with van der Waals surface area (Å²) in [5, 5.41) is 7.62. The van der Waals surface area contributed by atoms with E-state index in [2.05, 4.69) is 33.3 Å². The van der Waals surface area contributed by atoms with E-state index in [1.807, 2.05) is 12.4 Å². The summed E-state index contributed by atoms with van der Waals surface area (Å²) in [6.07, 6.45) is 7.56. The van der Waals surface area contributed by atoms with Gasteiger partial charge in [-0.05, 0) is 37.4 Å². The first-order chi connectivity index (χ1) is 11.5. The van der Waals surface area contributed by atoms with Crippen LogP contribution >= 0.6 is 11.6 Å². The molecule has 7 heteroatoms. The first-order valence-electron chi connectivity index (χ1n) is 8.14. The van der Waals surface area contributed by atoms with E-state index in [0.29, 0.717) is 5.69 Å². The Morgan fingerprint density at radius 1 is 1.38 bits per heavy atom. The van der Waals surface area contributed by atoms with E-state index in [-0.39, 0.29) is 16.6 Å². The summed E-state index contributed by atoms with van der Waals surface area (Å²) in [5.41, 5.74) is 2.74. The molecule has 1 fully saturated rings. The molecule has 24 heavy (non-hydrogen) atoms. The molecule has 3 rings (SSSR count). The quantitative estimate of drug-likeness (QED) is 0.918. The highest BCUT2D eigenvalue weighted by molar-refractivity contribution is 6.32. The maximum atomic E-state index is 11.9. The standard InChI is InChI=1S/C17H22ClN5O/c1-12-6-13(8-19-7-12)10-23-5-3-4-14(11-23)21-15-9-20-22(2)17(24)16(15)18/h6-9,14,21H,3-5,10-11H2,1-2H3. The molecule has 1 unspecified atom stereocenters. The number of hydrogen-bond donors (Lipinski definition) is 1. The van der Waals surface area contributed by atoms with E-state index < -0.39 is 0 Å². The van der Waals surface area contributed by atoms with E-state index in [9.17, 15) is 4.79 Å². The van der Waals surface area contributed by atoms with Crippen molar-refractivity contribution in [3.8, 4) is 0 Å². The Morgan fingerprint density at radius 3 is 3.00 bits per heavy atom. The van der Waals surface area contributed by atoms with Gasteiger partial charge in [-0.15, -0.1) is 0 Å². The maximum Gasteiger partial charge on any atom is 0.287 e. The van der Waals surface area contributed by atoms with Gasteiger partial charge in [0.1, 0.15) is 5.02 Å². The smallest absolute Gasteiger partial charge is 0.287 e. The molecule has 3 heterocycles. The van der Waals surface area contributed by atoms with Crippen LogP contribution in [0.3, 0.4) is 0 Å². The first-order valence-corrected chi connectivity index (χ1v) is 8.52. The van der Waals surface area contributed by atoms with Gasteiger partial charge in [-0.2, -0.15) is 5.10 Å². The van der Waals surface area contributed by atoms with Crippen molar-refractivity contribution >= 4 is 17.3 Å². The minimum atomic E-state index is -0.278. The van der Waals surface area contributed by atoms with E-state index >= 15 is 0 Å². The van der Waals surface area contributed by atoms with Crippen LogP contribution in [0, 0.1) is 6.92 Å². The van der Waals surface area contributed by atoms with Crippen LogP contribution in [0.2, 0.25) is 5.02 Å². The van der Waals surface area contributed by atoms with Crippen LogP contribution in [-0.2, 0) is 13.6 Å². The van der Waals surface area contributed by atoms with Gasteiger partial charge in [0.2, 0.25) is 0 Å². The van der Waals surface area contributed by atoms with Crippen molar-refractivity contribution in [2.45, 2.75) is 32.4 Å². The van der Waals surface area contributed by atoms with Crippen LogP contribution in [0.5, 0.6) is 0 Å². The van der Waals surface area contributed by atoms with Gasteiger partial charge in [0, 0.05) is 38.6 Å². The normalized spacial score (nSPS) is 18.5. The van der Waals surface area contributed by atoms with Gasteiger partial charge in [-0.1, -0.05) is 17.7 Å². The Labute approximate surface area is 146 Å². The average molecular weight is 348 g/mol. The third-order valence-electron chi connectivity index (χ3n) is 4.28. The van der Waals surface area contributed by atoms with Crippen molar-refractivity contribution in [2.75, 3.05) is 18.4 Å². The van der Waals surface area contributed by atoms with Gasteiger partial charge in [0.25, 0.3) is 5.56 Å². The number of pyridine rings is 1. The minimum absolute atomic E-state index is 0.201. The van der Waals surface area contributed by atoms with Crippen molar-refractivity contribution in [3.05, 3.63) is 51.2 Å². The van der Waals surface area contributed by atoms with Crippen LogP contribution < -0.4 is 10.9 Å². The molecule has 1 aliphatic heterocycles. The van der Waals surface area contributed by atoms with Crippen molar-refractivity contribution in [3.63, 3.8) is 0 Å². The zero-order valence-corrected chi connectivity index (χ0v) is 14.8. The Morgan fingerprint density at radius 2 is 2.21 bits per heavy atom. The lowest BCUT2D eigenvalue weighted by Gasteiger charge is -2.33. The number of aromatic nitrogens is 3. The minimum Gasteiger partial charge on any atom is -0.378 e. The predicted octanol–water partition coefficient (Wildman–Crippen LogP) is 2.21. The molecule has 6 nitrogen and oxygen atoms in total. The van der Waals surface area contributed by atoms with Crippen LogP contribution in [0.25, 0.3) is 0 Å². The number of piperidine rings is 1. The van der Waals surface area contributed by atoms with Gasteiger partial charge >= 0.3 is 0 Å². The molecule has 1 aliphatic rings. The molecule has 1 N–H and O–H groups in total. The van der Waals surface area contributed by atoms with Crippen LogP contribution in [0.1, 0.15) is 24.0 Å². The lowest BCUT2D eigenvalue weighted by molar-refractivity contribution is 0.208. The molecule has 0 spiro atoms. The molecule has 0 radical (unpaired) electrons. The molecule has 128 valence electrons. The maximum absolute atomic E-state index is 11.9. The summed E-state index contributed by atoms with van der Waals surface area (Å²) >= 11 is 6.14. The molecule has 1 saturated heterocycles. The third kappa shape index (κ3) is 3.94. The first kappa shape index (κ1) is 16.9. The van der Waals surface area contributed by atoms with Crippen LogP contribution in [0.4, 0.5) is 5.69 Å². The summed E-state index contributed by atoms with van der Waals surface area (Å²) in [7, 11) is 1.59. The molecular weight excluding hydrogens is 326 g/mol. The highest BCUT2D eigenvalue weighted by atomic mass is 35.5. The number of nitrogens with zero attached hydrogens (tertiary/aromatic N) is 4. The molecule has 0 saturated carbocycles. The van der Waals surface area contributed by atoms with Crippen molar-refractivity contribution in [1.29, 1.82) is 0 Å². The van der Waals surface area contributed by atoms with Crippen molar-refractivity contribution < 1.29 is 0 Å². The van der Waals surface area contributed by atoms with E-state index in [1.165, 1.54) is 15.8 Å². The summed E-state index contributed by atoms with van der Waals surface area (Å²) in [6.45, 7) is 4.91. The fourth-order valence-electron chi connectivity index (χ4n) is 3.11. The van der Waals surface area contributed by atoms with Gasteiger partial charge in [-0.25, -0.2) is 4.68 Å². The van der Waals surface area contributed by atoms with Gasteiger partial charge in [0.15, 0.2) is 0 Å². The van der Waals surface area contributed by atoms with Crippen LogP contribution in [-0.4, -0.2) is 38.8 Å². The fraction of sp³-hybridized carbons (Fsp3) is 0.471. The SMILES string of the molecule is Cc1cncc(CN2CCCC(Nc3cnn(C)c(=O)c3Cl)C2)c1. The van der Waals surface area contributed by atoms with Crippen molar-refractivity contribution in [1.82, 2.24) is 19.7 Å². The second-order valence-electron chi connectivity index (χ2n) is 6.39. The number of halogens is 1. The Balaban J connectivity index is 1.66. The molecule has 0 aromatic carbocycles. The monoisotopic (exact) mass is 347 g/mol. The number of hydrogen-bond acceptors (Lipinski definition) is 5.